The Balaban J connectivity index is 1.72. The van der Waals surface area contributed by atoms with Crippen molar-refractivity contribution >= 4 is 58.0 Å². The molecule has 2 aliphatic rings. The Bertz CT molecular complexity index is 1840. The Labute approximate surface area is 279 Å². The van der Waals surface area contributed by atoms with Crippen molar-refractivity contribution in [1.82, 2.24) is 0 Å². The van der Waals surface area contributed by atoms with E-state index in [0.29, 0.717) is 27.1 Å². The fraction of sp³-hybridized carbons (Fsp3) is 0.294. The van der Waals surface area contributed by atoms with Crippen molar-refractivity contribution in [2.24, 2.45) is 11.1 Å². The minimum atomic E-state index is -4.77. The van der Waals surface area contributed by atoms with E-state index < -0.39 is 23.1 Å². The highest BCUT2D eigenvalue weighted by Crippen LogP contribution is 2.53. The molecule has 1 aliphatic carbocycles. The third-order valence-electron chi connectivity index (χ3n) is 8.17. The number of alkyl halides is 3. The van der Waals surface area contributed by atoms with Gasteiger partial charge >= 0.3 is 6.18 Å². The van der Waals surface area contributed by atoms with Crippen LogP contribution in [0.15, 0.2) is 76.1 Å². The van der Waals surface area contributed by atoms with Gasteiger partial charge in [0.1, 0.15) is 5.82 Å². The Morgan fingerprint density at radius 2 is 1.71 bits per heavy atom. The molecule has 0 fully saturated rings. The Kier molecular flexibility index (Phi) is 9.07. The molecule has 234 valence electrons. The summed E-state index contributed by atoms with van der Waals surface area (Å²) >= 11 is 20.1. The fourth-order valence-electron chi connectivity index (χ4n) is 6.18. The monoisotopic (exact) mass is 689 g/mol. The average molecular weight is 691 g/mol. The molecule has 0 saturated heterocycles. The van der Waals surface area contributed by atoms with Crippen LogP contribution in [-0.4, -0.2) is 5.78 Å². The number of carbonyl (C=O) groups excluding carboxylic acids is 1. The second-order valence-corrected chi connectivity index (χ2v) is 14.4. The second kappa shape index (κ2) is 12.3. The van der Waals surface area contributed by atoms with E-state index in [2.05, 4.69) is 6.07 Å². The molecule has 0 amide bonds. The number of rotatable bonds is 5. The molecule has 3 aromatic carbocycles. The summed E-state index contributed by atoms with van der Waals surface area (Å²) in [6.07, 6.45) is -4.34. The van der Waals surface area contributed by atoms with Gasteiger partial charge < -0.3 is 5.73 Å². The largest absolute Gasteiger partial charge is 0.418 e. The number of allylic oxidation sites excluding steroid dienone is 3. The number of aryl methyl sites for hydroxylation is 1. The molecule has 0 spiro atoms. The lowest BCUT2D eigenvalue weighted by Gasteiger charge is -2.44. The molecule has 0 bridgehead atoms. The van der Waals surface area contributed by atoms with Crippen LogP contribution in [0.2, 0.25) is 15.1 Å². The van der Waals surface area contributed by atoms with E-state index in [1.165, 1.54) is 28.8 Å². The van der Waals surface area contributed by atoms with E-state index in [1.54, 1.807) is 18.2 Å². The van der Waals surface area contributed by atoms with Gasteiger partial charge in [-0.05, 0) is 78.8 Å². The fourth-order valence-corrected chi connectivity index (χ4v) is 7.90. The van der Waals surface area contributed by atoms with Crippen molar-refractivity contribution in [1.29, 1.82) is 5.26 Å². The number of nitriles is 1. The highest BCUT2D eigenvalue weighted by molar-refractivity contribution is 7.98. The average Bonchev–Trinajstić information content (AvgIpc) is 2.93. The van der Waals surface area contributed by atoms with E-state index in [9.17, 15) is 23.2 Å². The Morgan fingerprint density at radius 3 is 2.38 bits per heavy atom. The zero-order valence-electron chi connectivity index (χ0n) is 24.9. The minimum Gasteiger partial charge on any atom is -0.384 e. The highest BCUT2D eigenvalue weighted by atomic mass is 35.5. The van der Waals surface area contributed by atoms with Crippen molar-refractivity contribution < 1.29 is 18.0 Å². The zero-order chi connectivity index (χ0) is 33.0. The molecule has 1 unspecified atom stereocenters. The number of anilines is 1. The number of ketones is 1. The van der Waals surface area contributed by atoms with Crippen LogP contribution in [0.4, 0.5) is 18.9 Å². The van der Waals surface area contributed by atoms with Gasteiger partial charge in [0.25, 0.3) is 0 Å². The predicted octanol–water partition coefficient (Wildman–Crippen LogP) is 10.5. The van der Waals surface area contributed by atoms with Crippen LogP contribution in [0.1, 0.15) is 60.4 Å². The number of nitrogens with two attached hydrogens (primary N) is 1. The van der Waals surface area contributed by atoms with Gasteiger partial charge in [-0.1, -0.05) is 66.3 Å². The maximum Gasteiger partial charge on any atom is 0.418 e. The summed E-state index contributed by atoms with van der Waals surface area (Å²) in [5.41, 5.74) is 8.86. The van der Waals surface area contributed by atoms with Gasteiger partial charge in [0.2, 0.25) is 0 Å². The molecule has 3 aromatic rings. The first kappa shape index (κ1) is 33.3. The van der Waals surface area contributed by atoms with Crippen LogP contribution < -0.4 is 10.6 Å². The maximum atomic E-state index is 14.4. The summed E-state index contributed by atoms with van der Waals surface area (Å²) < 4.78 is 43.1. The first-order valence-electron chi connectivity index (χ1n) is 14.0. The molecule has 1 atom stereocenters. The third kappa shape index (κ3) is 6.46. The van der Waals surface area contributed by atoms with Crippen LogP contribution in [0, 0.1) is 30.6 Å². The van der Waals surface area contributed by atoms with Crippen molar-refractivity contribution in [3.05, 3.63) is 114 Å². The zero-order valence-corrected chi connectivity index (χ0v) is 28.0. The number of hydrogen-bond acceptors (Lipinski definition) is 5. The second-order valence-electron chi connectivity index (χ2n) is 12.1. The van der Waals surface area contributed by atoms with E-state index in [4.69, 9.17) is 40.5 Å². The van der Waals surface area contributed by atoms with E-state index >= 15 is 0 Å². The summed E-state index contributed by atoms with van der Waals surface area (Å²) in [4.78, 5) is 16.1. The van der Waals surface area contributed by atoms with Gasteiger partial charge in [-0.25, -0.2) is 0 Å². The molecule has 1 aliphatic heterocycles. The summed E-state index contributed by atoms with van der Waals surface area (Å²) in [5.74, 6) is -0.721. The third-order valence-corrected chi connectivity index (χ3v) is 10.2. The molecular formula is C34H29Cl3F3N3OS. The number of thioether (sulfide) groups is 1. The first-order valence-corrected chi connectivity index (χ1v) is 16.1. The lowest BCUT2D eigenvalue weighted by Crippen LogP contribution is -2.42. The molecule has 0 aromatic heterocycles. The lowest BCUT2D eigenvalue weighted by atomic mass is 9.68. The SMILES string of the molecule is Cc1cc(CSc2cc(Cl)ccc2Cl)c(C)c(C2C(C#N)=C(N)N(c3ccc(Cl)cc3C(F)(F)F)C3=C2C(=O)CC(C)(C)C3)c1. The topological polar surface area (TPSA) is 70.1 Å². The van der Waals surface area contributed by atoms with Crippen LogP contribution in [-0.2, 0) is 16.7 Å². The highest BCUT2D eigenvalue weighted by Gasteiger charge is 2.47. The molecule has 1 heterocycles. The van der Waals surface area contributed by atoms with Crippen molar-refractivity contribution in [3.63, 3.8) is 0 Å². The Hall–Kier alpha value is -3.09. The number of nitrogens with zero attached hydrogens (tertiary/aromatic N) is 2. The smallest absolute Gasteiger partial charge is 0.384 e. The van der Waals surface area contributed by atoms with E-state index in [0.717, 1.165) is 27.7 Å². The number of benzene rings is 3. The van der Waals surface area contributed by atoms with Gasteiger partial charge in [-0.2, -0.15) is 18.4 Å². The van der Waals surface area contributed by atoms with Crippen LogP contribution in [0.5, 0.6) is 0 Å². The molecule has 5 rings (SSSR count). The number of halogens is 6. The Morgan fingerprint density at radius 1 is 1.04 bits per heavy atom. The van der Waals surface area contributed by atoms with Crippen LogP contribution in [0.3, 0.4) is 0 Å². The molecule has 2 N–H and O–H groups in total. The lowest BCUT2D eigenvalue weighted by molar-refractivity contribution is -0.137. The number of carbonyl (C=O) groups is 1. The van der Waals surface area contributed by atoms with Gasteiger partial charge in [0, 0.05) is 38.4 Å². The maximum absolute atomic E-state index is 14.4. The van der Waals surface area contributed by atoms with Gasteiger partial charge in [-0.3, -0.25) is 9.69 Å². The van der Waals surface area contributed by atoms with Crippen molar-refractivity contribution in [2.75, 3.05) is 4.90 Å². The molecule has 45 heavy (non-hydrogen) atoms. The van der Waals surface area contributed by atoms with Crippen LogP contribution in [0.25, 0.3) is 0 Å². The molecular weight excluding hydrogens is 662 g/mol. The van der Waals surface area contributed by atoms with E-state index in [1.807, 2.05) is 39.8 Å². The predicted molar refractivity (Wildman–Crippen MR) is 175 cm³/mol. The van der Waals surface area contributed by atoms with Gasteiger partial charge in [-0.15, -0.1) is 11.8 Å². The van der Waals surface area contributed by atoms with Gasteiger partial charge in [0.15, 0.2) is 5.78 Å². The van der Waals surface area contributed by atoms with Crippen molar-refractivity contribution in [3.8, 4) is 6.07 Å². The quantitative estimate of drug-likeness (QED) is 0.270. The molecule has 4 nitrogen and oxygen atoms in total. The standard InChI is InChI=1S/C34H29Cl3F3N3OS/c1-17-9-19(16-45-29-12-21(36)5-7-25(29)37)18(2)22(10-17)30-23(15-41)32(42)43(27-13-33(3,4)14-28(44)31(27)30)26-8-6-20(35)11-24(26)34(38,39)40/h5-12,30H,13-14,16,42H2,1-4H3. The number of hydrogen-bond donors (Lipinski definition) is 1. The van der Waals surface area contributed by atoms with Crippen molar-refractivity contribution in [2.45, 2.75) is 63.3 Å². The minimum absolute atomic E-state index is 0.00932. The summed E-state index contributed by atoms with van der Waals surface area (Å²) in [6.45, 7) is 7.62. The molecule has 11 heteroatoms. The number of Topliss-reactive ketones (excluding diaryl/α,β-unsaturated/α-hetero) is 1. The van der Waals surface area contributed by atoms with Gasteiger partial charge in [0.05, 0.1) is 33.8 Å². The summed E-state index contributed by atoms with van der Waals surface area (Å²) in [7, 11) is 0. The van der Waals surface area contributed by atoms with E-state index in [-0.39, 0.29) is 46.3 Å². The molecule has 0 saturated carbocycles. The molecule has 0 radical (unpaired) electrons. The normalized spacial score (nSPS) is 18.3. The summed E-state index contributed by atoms with van der Waals surface area (Å²) in [6, 6.07) is 14.8. The van der Waals surface area contributed by atoms with Crippen LogP contribution >= 0.6 is 46.6 Å². The summed E-state index contributed by atoms with van der Waals surface area (Å²) in [5, 5.41) is 11.5. The first-order chi connectivity index (χ1) is 21.0.